The van der Waals surface area contributed by atoms with Crippen molar-refractivity contribution in [2.75, 3.05) is 13.2 Å². The van der Waals surface area contributed by atoms with E-state index in [4.69, 9.17) is 4.74 Å². The first-order valence-electron chi connectivity index (χ1n) is 6.20. The molecule has 0 radical (unpaired) electrons. The van der Waals surface area contributed by atoms with Crippen molar-refractivity contribution < 1.29 is 9.84 Å². The van der Waals surface area contributed by atoms with Crippen molar-refractivity contribution in [3.63, 3.8) is 0 Å². The molecular weight excluding hydrogens is 214 g/mol. The lowest BCUT2D eigenvalue weighted by molar-refractivity contribution is 0.238. The van der Waals surface area contributed by atoms with Crippen LogP contribution in [0.15, 0.2) is 18.2 Å². The number of likely N-dealkylation sites (N-methyl/N-ethyl adjacent to an activating group) is 1. The third-order valence-electron chi connectivity index (χ3n) is 2.60. The Bertz CT molecular complexity index is 350. The molecule has 0 spiro atoms. The van der Waals surface area contributed by atoms with Crippen molar-refractivity contribution in [2.45, 2.75) is 39.8 Å². The maximum atomic E-state index is 9.32. The standard InChI is InChI=1S/C14H23NO2/c1-5-15-13(9-16)12-6-7-14(11(4)8-12)17-10(2)3/h6-8,10,13,15-16H,5,9H2,1-4H3. The summed E-state index contributed by atoms with van der Waals surface area (Å²) < 4.78 is 5.69. The fourth-order valence-corrected chi connectivity index (χ4v) is 1.81. The van der Waals surface area contributed by atoms with Crippen LogP contribution < -0.4 is 10.1 Å². The molecule has 3 heteroatoms. The van der Waals surface area contributed by atoms with E-state index in [0.29, 0.717) is 0 Å². The van der Waals surface area contributed by atoms with Crippen LogP contribution in [0.1, 0.15) is 37.9 Å². The Balaban J connectivity index is 2.86. The first-order chi connectivity index (χ1) is 8.08. The van der Waals surface area contributed by atoms with E-state index in [2.05, 4.69) is 11.4 Å². The molecule has 0 saturated heterocycles. The average molecular weight is 237 g/mol. The van der Waals surface area contributed by atoms with E-state index in [9.17, 15) is 5.11 Å². The summed E-state index contributed by atoms with van der Waals surface area (Å²) in [7, 11) is 0. The summed E-state index contributed by atoms with van der Waals surface area (Å²) in [5, 5.41) is 12.6. The predicted molar refractivity (Wildman–Crippen MR) is 70.4 cm³/mol. The number of ether oxygens (including phenoxy) is 1. The molecule has 17 heavy (non-hydrogen) atoms. The van der Waals surface area contributed by atoms with Crippen LogP contribution in [-0.2, 0) is 0 Å². The molecule has 1 aromatic carbocycles. The lowest BCUT2D eigenvalue weighted by Gasteiger charge is -2.18. The molecule has 0 aliphatic heterocycles. The zero-order valence-electron chi connectivity index (χ0n) is 11.2. The van der Waals surface area contributed by atoms with E-state index >= 15 is 0 Å². The van der Waals surface area contributed by atoms with Gasteiger partial charge >= 0.3 is 0 Å². The van der Waals surface area contributed by atoms with Crippen LogP contribution in [-0.4, -0.2) is 24.4 Å². The Labute approximate surface area is 104 Å². The number of aliphatic hydroxyl groups is 1. The molecule has 1 rings (SSSR count). The van der Waals surface area contributed by atoms with Gasteiger partial charge in [0.15, 0.2) is 0 Å². The molecule has 0 aliphatic carbocycles. The third kappa shape index (κ3) is 4.02. The molecule has 3 nitrogen and oxygen atoms in total. The zero-order chi connectivity index (χ0) is 12.8. The van der Waals surface area contributed by atoms with Gasteiger partial charge in [0.25, 0.3) is 0 Å². The molecule has 0 fully saturated rings. The lowest BCUT2D eigenvalue weighted by atomic mass is 10.0. The van der Waals surface area contributed by atoms with Crippen molar-refractivity contribution in [3.05, 3.63) is 29.3 Å². The van der Waals surface area contributed by atoms with Crippen LogP contribution in [0.3, 0.4) is 0 Å². The molecule has 96 valence electrons. The van der Waals surface area contributed by atoms with E-state index in [1.54, 1.807) is 0 Å². The summed E-state index contributed by atoms with van der Waals surface area (Å²) in [6.45, 7) is 9.05. The van der Waals surface area contributed by atoms with E-state index < -0.39 is 0 Å². The van der Waals surface area contributed by atoms with Crippen LogP contribution in [0, 0.1) is 6.92 Å². The van der Waals surface area contributed by atoms with E-state index in [1.807, 2.05) is 39.8 Å². The van der Waals surface area contributed by atoms with E-state index in [1.165, 1.54) is 0 Å². The zero-order valence-corrected chi connectivity index (χ0v) is 11.2. The number of rotatable bonds is 6. The molecule has 0 amide bonds. The summed E-state index contributed by atoms with van der Waals surface area (Å²) in [5.41, 5.74) is 2.20. The Morgan fingerprint density at radius 2 is 2.06 bits per heavy atom. The fraction of sp³-hybridized carbons (Fsp3) is 0.571. The highest BCUT2D eigenvalue weighted by atomic mass is 16.5. The summed E-state index contributed by atoms with van der Waals surface area (Å²) in [6.07, 6.45) is 0.182. The molecule has 0 heterocycles. The smallest absolute Gasteiger partial charge is 0.122 e. The largest absolute Gasteiger partial charge is 0.491 e. The molecule has 0 saturated carbocycles. The van der Waals surface area contributed by atoms with Gasteiger partial charge in [-0.2, -0.15) is 0 Å². The lowest BCUT2D eigenvalue weighted by Crippen LogP contribution is -2.24. The number of nitrogens with one attached hydrogen (secondary N) is 1. The van der Waals surface area contributed by atoms with Crippen molar-refractivity contribution in [1.82, 2.24) is 5.32 Å². The molecule has 0 aromatic heterocycles. The van der Waals surface area contributed by atoms with Crippen molar-refractivity contribution in [1.29, 1.82) is 0 Å². The van der Waals surface area contributed by atoms with Gasteiger partial charge in [-0.1, -0.05) is 19.1 Å². The highest BCUT2D eigenvalue weighted by Crippen LogP contribution is 2.23. The van der Waals surface area contributed by atoms with E-state index in [0.717, 1.165) is 23.4 Å². The first-order valence-corrected chi connectivity index (χ1v) is 6.20. The third-order valence-corrected chi connectivity index (χ3v) is 2.60. The average Bonchev–Trinajstić information content (AvgIpc) is 2.28. The number of hydrogen-bond donors (Lipinski definition) is 2. The number of aliphatic hydroxyl groups excluding tert-OH is 1. The van der Waals surface area contributed by atoms with Crippen LogP contribution >= 0.6 is 0 Å². The van der Waals surface area contributed by atoms with Crippen LogP contribution in [0.4, 0.5) is 0 Å². The highest BCUT2D eigenvalue weighted by Gasteiger charge is 2.11. The second-order valence-electron chi connectivity index (χ2n) is 4.48. The highest BCUT2D eigenvalue weighted by molar-refractivity contribution is 5.37. The van der Waals surface area contributed by atoms with Gasteiger partial charge < -0.3 is 15.2 Å². The summed E-state index contributed by atoms with van der Waals surface area (Å²) >= 11 is 0. The number of aryl methyl sites for hydroxylation is 1. The maximum absolute atomic E-state index is 9.32. The van der Waals surface area contributed by atoms with Gasteiger partial charge in [0, 0.05) is 0 Å². The van der Waals surface area contributed by atoms with Gasteiger partial charge in [0.2, 0.25) is 0 Å². The molecular formula is C14H23NO2. The maximum Gasteiger partial charge on any atom is 0.122 e. The van der Waals surface area contributed by atoms with Gasteiger partial charge in [-0.15, -0.1) is 0 Å². The van der Waals surface area contributed by atoms with Crippen molar-refractivity contribution in [2.24, 2.45) is 0 Å². The fourth-order valence-electron chi connectivity index (χ4n) is 1.81. The monoisotopic (exact) mass is 237 g/mol. The summed E-state index contributed by atoms with van der Waals surface area (Å²) in [4.78, 5) is 0. The minimum atomic E-state index is 0.00630. The Kier molecular flexibility index (Phi) is 5.45. The minimum Gasteiger partial charge on any atom is -0.491 e. The second kappa shape index (κ2) is 6.62. The summed E-state index contributed by atoms with van der Waals surface area (Å²) in [6, 6.07) is 6.06. The van der Waals surface area contributed by atoms with Crippen molar-refractivity contribution in [3.8, 4) is 5.75 Å². The molecule has 0 bridgehead atoms. The van der Waals surface area contributed by atoms with Gasteiger partial charge in [-0.05, 0) is 44.5 Å². The first kappa shape index (κ1) is 14.0. The van der Waals surface area contributed by atoms with E-state index in [-0.39, 0.29) is 18.8 Å². The van der Waals surface area contributed by atoms with Gasteiger partial charge in [0.1, 0.15) is 5.75 Å². The predicted octanol–water partition coefficient (Wildman–Crippen LogP) is 2.43. The van der Waals surface area contributed by atoms with Crippen molar-refractivity contribution >= 4 is 0 Å². The molecule has 1 aromatic rings. The van der Waals surface area contributed by atoms with Gasteiger partial charge in [0.05, 0.1) is 18.8 Å². The minimum absolute atomic E-state index is 0.00630. The second-order valence-corrected chi connectivity index (χ2v) is 4.48. The summed E-state index contributed by atoms with van der Waals surface area (Å²) in [5.74, 6) is 0.914. The van der Waals surface area contributed by atoms with Crippen LogP contribution in [0.5, 0.6) is 5.75 Å². The SMILES string of the molecule is CCNC(CO)c1ccc(OC(C)C)c(C)c1. The molecule has 2 N–H and O–H groups in total. The quantitative estimate of drug-likeness (QED) is 0.798. The molecule has 0 aliphatic rings. The normalized spacial score (nSPS) is 12.8. The van der Waals surface area contributed by atoms with Gasteiger partial charge in [-0.3, -0.25) is 0 Å². The Morgan fingerprint density at radius 1 is 1.35 bits per heavy atom. The topological polar surface area (TPSA) is 41.5 Å². The molecule has 1 unspecified atom stereocenters. The number of hydrogen-bond acceptors (Lipinski definition) is 3. The van der Waals surface area contributed by atoms with Crippen LogP contribution in [0.2, 0.25) is 0 Å². The molecule has 1 atom stereocenters. The van der Waals surface area contributed by atoms with Gasteiger partial charge in [-0.25, -0.2) is 0 Å². The number of benzene rings is 1. The van der Waals surface area contributed by atoms with Crippen LogP contribution in [0.25, 0.3) is 0 Å². The Hall–Kier alpha value is -1.06. The Morgan fingerprint density at radius 3 is 2.53 bits per heavy atom.